The molecule has 0 atom stereocenters. The molecule has 1 fully saturated rings. The van der Waals surface area contributed by atoms with Gasteiger partial charge in [-0.15, -0.1) is 0 Å². The monoisotopic (exact) mass is 420 g/mol. The lowest BCUT2D eigenvalue weighted by Gasteiger charge is -2.31. The largest absolute Gasteiger partial charge is 0.393 e. The molecule has 1 heterocycles. The van der Waals surface area contributed by atoms with Gasteiger partial charge in [-0.2, -0.15) is 0 Å². The molecule has 3 N–H and O–H groups in total. The molecular formula is C22H27F3N4O. The van der Waals surface area contributed by atoms with Gasteiger partial charge in [0.05, 0.1) is 18.3 Å². The van der Waals surface area contributed by atoms with E-state index in [1.54, 1.807) is 6.07 Å². The summed E-state index contributed by atoms with van der Waals surface area (Å²) in [6.45, 7) is 4.04. The first-order valence-electron chi connectivity index (χ1n) is 10.1. The Hall–Kier alpha value is -2.74. The number of nitrogens with one attached hydrogen (secondary N) is 2. The second-order valence-corrected chi connectivity index (χ2v) is 7.29. The summed E-state index contributed by atoms with van der Waals surface area (Å²) < 4.78 is 41.7. The van der Waals surface area contributed by atoms with E-state index in [4.69, 9.17) is 0 Å². The fraction of sp³-hybridized carbons (Fsp3) is 0.409. The maximum atomic E-state index is 14.6. The van der Waals surface area contributed by atoms with Crippen molar-refractivity contribution in [2.24, 2.45) is 4.99 Å². The molecule has 2 aromatic carbocycles. The van der Waals surface area contributed by atoms with Gasteiger partial charge in [0.15, 0.2) is 5.96 Å². The Morgan fingerprint density at radius 3 is 2.53 bits per heavy atom. The van der Waals surface area contributed by atoms with E-state index in [0.29, 0.717) is 49.7 Å². The number of guanidine groups is 1. The third-order valence-corrected chi connectivity index (χ3v) is 5.04. The van der Waals surface area contributed by atoms with Gasteiger partial charge in [-0.3, -0.25) is 0 Å². The number of hydrogen-bond acceptors (Lipinski definition) is 3. The molecule has 30 heavy (non-hydrogen) atoms. The van der Waals surface area contributed by atoms with Gasteiger partial charge in [-0.1, -0.05) is 6.07 Å². The van der Waals surface area contributed by atoms with Gasteiger partial charge in [0.2, 0.25) is 0 Å². The Morgan fingerprint density at radius 1 is 1.07 bits per heavy atom. The van der Waals surface area contributed by atoms with Gasteiger partial charge in [0.25, 0.3) is 0 Å². The van der Waals surface area contributed by atoms with Crippen LogP contribution in [0, 0.1) is 17.5 Å². The zero-order valence-electron chi connectivity index (χ0n) is 17.0. The molecular weight excluding hydrogens is 393 g/mol. The molecule has 1 aliphatic rings. The molecule has 0 amide bonds. The van der Waals surface area contributed by atoms with E-state index >= 15 is 0 Å². The minimum atomic E-state index is -0.506. The molecule has 5 nitrogen and oxygen atoms in total. The summed E-state index contributed by atoms with van der Waals surface area (Å²) in [5, 5.41) is 15.6. The Morgan fingerprint density at radius 2 is 1.83 bits per heavy atom. The van der Waals surface area contributed by atoms with Crippen molar-refractivity contribution in [3.8, 4) is 0 Å². The Bertz CT molecular complexity index is 883. The van der Waals surface area contributed by atoms with Crippen molar-refractivity contribution < 1.29 is 18.3 Å². The summed E-state index contributed by atoms with van der Waals surface area (Å²) in [6, 6.07) is 8.31. The summed E-state index contributed by atoms with van der Waals surface area (Å²) in [6.07, 6.45) is 0.959. The van der Waals surface area contributed by atoms with Gasteiger partial charge in [0, 0.05) is 31.7 Å². The minimum Gasteiger partial charge on any atom is -0.393 e. The third kappa shape index (κ3) is 5.89. The standard InChI is InChI=1S/C22H27F3N4O/c1-2-26-22(28-14-16-12-17(23)4-5-19(16)24)27-13-15-3-6-21(20(25)11-15)29-9-7-18(30)8-10-29/h3-6,11-12,18,30H,2,7-10,13-14H2,1H3,(H2,26,27,28). The maximum Gasteiger partial charge on any atom is 0.191 e. The Balaban J connectivity index is 1.64. The molecule has 0 radical (unpaired) electrons. The number of piperidine rings is 1. The van der Waals surface area contributed by atoms with E-state index in [-0.39, 0.29) is 30.6 Å². The van der Waals surface area contributed by atoms with E-state index in [1.807, 2.05) is 17.9 Å². The number of rotatable bonds is 6. The molecule has 0 aromatic heterocycles. The van der Waals surface area contributed by atoms with Crippen molar-refractivity contribution in [2.45, 2.75) is 39.0 Å². The quantitative estimate of drug-likeness (QED) is 0.496. The van der Waals surface area contributed by atoms with Gasteiger partial charge in [0.1, 0.15) is 17.5 Å². The lowest BCUT2D eigenvalue weighted by molar-refractivity contribution is 0.145. The zero-order valence-corrected chi connectivity index (χ0v) is 17.0. The molecule has 8 heteroatoms. The Labute approximate surface area is 174 Å². The minimum absolute atomic E-state index is 0.0730. The van der Waals surface area contributed by atoms with Crippen molar-refractivity contribution in [2.75, 3.05) is 24.5 Å². The number of nitrogens with zero attached hydrogens (tertiary/aromatic N) is 2. The second-order valence-electron chi connectivity index (χ2n) is 7.29. The summed E-state index contributed by atoms with van der Waals surface area (Å²) in [5.41, 5.74) is 1.42. The predicted octanol–water partition coefficient (Wildman–Crippen LogP) is 3.32. The number of halogens is 3. The molecule has 3 rings (SSSR count). The second kappa shape index (κ2) is 10.3. The average Bonchev–Trinajstić information content (AvgIpc) is 2.73. The summed E-state index contributed by atoms with van der Waals surface area (Å²) in [4.78, 5) is 6.35. The normalized spacial score (nSPS) is 15.4. The number of aliphatic imine (C=N–C) groups is 1. The van der Waals surface area contributed by atoms with Crippen LogP contribution in [0.4, 0.5) is 18.9 Å². The SMILES string of the molecule is CCNC(=NCc1ccc(N2CCC(O)CC2)c(F)c1)NCc1cc(F)ccc1F. The predicted molar refractivity (Wildman–Crippen MR) is 112 cm³/mol. The van der Waals surface area contributed by atoms with Crippen LogP contribution >= 0.6 is 0 Å². The molecule has 1 aliphatic heterocycles. The molecule has 1 saturated heterocycles. The Kier molecular flexibility index (Phi) is 7.57. The number of hydrogen-bond donors (Lipinski definition) is 3. The highest BCUT2D eigenvalue weighted by atomic mass is 19.1. The lowest BCUT2D eigenvalue weighted by atomic mass is 10.1. The smallest absolute Gasteiger partial charge is 0.191 e. The van der Waals surface area contributed by atoms with Crippen molar-refractivity contribution in [3.05, 3.63) is 65.0 Å². The molecule has 0 saturated carbocycles. The van der Waals surface area contributed by atoms with E-state index in [1.165, 1.54) is 6.07 Å². The highest BCUT2D eigenvalue weighted by Gasteiger charge is 2.19. The van der Waals surface area contributed by atoms with Crippen LogP contribution in [0.15, 0.2) is 41.4 Å². The van der Waals surface area contributed by atoms with Crippen molar-refractivity contribution in [3.63, 3.8) is 0 Å². The first-order chi connectivity index (χ1) is 14.5. The number of aliphatic hydroxyl groups excluding tert-OH is 1. The summed E-state index contributed by atoms with van der Waals surface area (Å²) in [7, 11) is 0. The first-order valence-corrected chi connectivity index (χ1v) is 10.1. The van der Waals surface area contributed by atoms with E-state index in [9.17, 15) is 18.3 Å². The van der Waals surface area contributed by atoms with Crippen molar-refractivity contribution >= 4 is 11.6 Å². The highest BCUT2D eigenvalue weighted by molar-refractivity contribution is 5.79. The van der Waals surface area contributed by atoms with Crippen LogP contribution in [0.5, 0.6) is 0 Å². The number of aliphatic hydroxyl groups is 1. The van der Waals surface area contributed by atoms with Crippen LogP contribution in [0.2, 0.25) is 0 Å². The van der Waals surface area contributed by atoms with Gasteiger partial charge in [-0.05, 0) is 55.7 Å². The summed E-state index contributed by atoms with van der Waals surface area (Å²) in [5.74, 6) is -0.897. The molecule has 0 unspecified atom stereocenters. The third-order valence-electron chi connectivity index (χ3n) is 5.04. The fourth-order valence-electron chi connectivity index (χ4n) is 3.38. The van der Waals surface area contributed by atoms with E-state index in [0.717, 1.165) is 18.2 Å². The van der Waals surface area contributed by atoms with Crippen LogP contribution in [0.3, 0.4) is 0 Å². The highest BCUT2D eigenvalue weighted by Crippen LogP contribution is 2.24. The first kappa shape index (κ1) is 22.0. The number of benzene rings is 2. The topological polar surface area (TPSA) is 59.9 Å². The van der Waals surface area contributed by atoms with Crippen molar-refractivity contribution in [1.29, 1.82) is 0 Å². The van der Waals surface area contributed by atoms with Crippen LogP contribution < -0.4 is 15.5 Å². The lowest BCUT2D eigenvalue weighted by Crippen LogP contribution is -2.37. The number of anilines is 1. The fourth-order valence-corrected chi connectivity index (χ4v) is 3.38. The van der Waals surface area contributed by atoms with Crippen LogP contribution in [0.1, 0.15) is 30.9 Å². The molecule has 0 aliphatic carbocycles. The molecule has 0 bridgehead atoms. The molecule has 162 valence electrons. The van der Waals surface area contributed by atoms with Crippen molar-refractivity contribution in [1.82, 2.24) is 10.6 Å². The molecule has 0 spiro atoms. The van der Waals surface area contributed by atoms with Gasteiger partial charge in [-0.25, -0.2) is 18.2 Å². The maximum absolute atomic E-state index is 14.6. The zero-order chi connectivity index (χ0) is 21.5. The van der Waals surface area contributed by atoms with E-state index in [2.05, 4.69) is 15.6 Å². The van der Waals surface area contributed by atoms with Gasteiger partial charge < -0.3 is 20.6 Å². The van der Waals surface area contributed by atoms with Gasteiger partial charge >= 0.3 is 0 Å². The van der Waals surface area contributed by atoms with Crippen LogP contribution in [-0.4, -0.2) is 36.8 Å². The average molecular weight is 420 g/mol. The van der Waals surface area contributed by atoms with E-state index < -0.39 is 11.6 Å². The summed E-state index contributed by atoms with van der Waals surface area (Å²) >= 11 is 0. The van der Waals surface area contributed by atoms with Crippen LogP contribution in [0.25, 0.3) is 0 Å². The molecule has 2 aromatic rings. The van der Waals surface area contributed by atoms with Crippen LogP contribution in [-0.2, 0) is 13.1 Å².